The van der Waals surface area contributed by atoms with Crippen molar-refractivity contribution >= 4 is 39.5 Å². The summed E-state index contributed by atoms with van der Waals surface area (Å²) in [7, 11) is 0. The molecule has 0 aliphatic heterocycles. The molecule has 0 spiro atoms. The second-order valence-electron chi connectivity index (χ2n) is 4.90. The molecule has 0 bridgehead atoms. The molecule has 0 atom stereocenters. The molecule has 102 valence electrons. The Hall–Kier alpha value is -1.17. The second-order valence-corrected chi connectivity index (χ2v) is 6.70. The molecule has 2 aromatic heterocycles. The molecule has 1 fully saturated rings. The first-order valence-corrected chi connectivity index (χ1v) is 7.93. The molecular weight excluding hydrogens is 315 g/mol. The average Bonchev–Trinajstić information content (AvgIpc) is 3.08. The molecule has 1 saturated carbocycles. The van der Waals surface area contributed by atoms with E-state index in [9.17, 15) is 0 Å². The molecule has 0 unspecified atom stereocenters. The molecule has 20 heavy (non-hydrogen) atoms. The van der Waals surface area contributed by atoms with Crippen LogP contribution in [0.15, 0.2) is 18.2 Å². The average molecular weight is 325 g/mol. The number of hydrogen-bond donors (Lipinski definition) is 0. The third kappa shape index (κ3) is 2.10. The molecule has 0 saturated heterocycles. The normalized spacial score (nSPS) is 15.1. The van der Waals surface area contributed by atoms with Gasteiger partial charge in [-0.3, -0.25) is 0 Å². The number of nitrogens with zero attached hydrogens (tertiary/aromatic N) is 4. The van der Waals surface area contributed by atoms with Gasteiger partial charge in [0, 0.05) is 22.4 Å². The van der Waals surface area contributed by atoms with E-state index in [1.54, 1.807) is 11.3 Å². The summed E-state index contributed by atoms with van der Waals surface area (Å²) in [4.78, 5) is 0.838. The SMILES string of the molecule is Clc1cccc(Cl)c1Cc1nnc2sc(C3CC3)nn12. The standard InChI is InChI=1S/C13H10Cl2N4S/c14-9-2-1-3-10(15)8(9)6-11-16-17-13-19(11)18-12(20-13)7-4-5-7/h1-3,7H,4-6H2. The molecule has 0 N–H and O–H groups in total. The number of hydrogen-bond acceptors (Lipinski definition) is 4. The van der Waals surface area contributed by atoms with Crippen LogP contribution in [-0.4, -0.2) is 19.8 Å². The van der Waals surface area contributed by atoms with Crippen molar-refractivity contribution in [3.63, 3.8) is 0 Å². The number of benzene rings is 1. The Morgan fingerprint density at radius 1 is 1.20 bits per heavy atom. The molecule has 1 aliphatic rings. The van der Waals surface area contributed by atoms with Crippen molar-refractivity contribution < 1.29 is 0 Å². The maximum Gasteiger partial charge on any atom is 0.234 e. The van der Waals surface area contributed by atoms with Gasteiger partial charge in [-0.05, 0) is 30.5 Å². The van der Waals surface area contributed by atoms with E-state index >= 15 is 0 Å². The van der Waals surface area contributed by atoms with Gasteiger partial charge in [-0.25, -0.2) is 0 Å². The molecule has 1 aromatic carbocycles. The molecule has 3 aromatic rings. The summed E-state index contributed by atoms with van der Waals surface area (Å²) < 4.78 is 1.82. The summed E-state index contributed by atoms with van der Waals surface area (Å²) in [5, 5.41) is 15.4. The van der Waals surface area contributed by atoms with Crippen LogP contribution in [0.4, 0.5) is 0 Å². The fourth-order valence-electron chi connectivity index (χ4n) is 2.14. The van der Waals surface area contributed by atoms with Gasteiger partial charge in [0.1, 0.15) is 5.01 Å². The van der Waals surface area contributed by atoms with Gasteiger partial charge in [-0.15, -0.1) is 10.2 Å². The predicted molar refractivity (Wildman–Crippen MR) is 79.9 cm³/mol. The Kier molecular flexibility index (Phi) is 2.94. The van der Waals surface area contributed by atoms with Gasteiger partial charge in [0.2, 0.25) is 4.96 Å². The first kappa shape index (κ1) is 12.6. The van der Waals surface area contributed by atoms with Gasteiger partial charge in [0.05, 0.1) is 0 Å². The Bertz CT molecular complexity index is 771. The minimum atomic E-state index is 0.535. The number of fused-ring (bicyclic) bond motifs is 1. The van der Waals surface area contributed by atoms with Crippen molar-refractivity contribution in [2.45, 2.75) is 25.2 Å². The summed E-state index contributed by atoms with van der Waals surface area (Å²) in [5.74, 6) is 1.40. The van der Waals surface area contributed by atoms with E-state index in [-0.39, 0.29) is 0 Å². The molecule has 1 aliphatic carbocycles. The molecule has 0 amide bonds. The molecule has 0 radical (unpaired) electrons. The van der Waals surface area contributed by atoms with E-state index in [1.807, 2.05) is 22.7 Å². The summed E-state index contributed by atoms with van der Waals surface area (Å²) in [5.41, 5.74) is 0.867. The highest BCUT2D eigenvalue weighted by Crippen LogP contribution is 2.41. The van der Waals surface area contributed by atoms with E-state index in [0.717, 1.165) is 21.4 Å². The van der Waals surface area contributed by atoms with E-state index in [1.165, 1.54) is 12.8 Å². The molecule has 4 nitrogen and oxygen atoms in total. The van der Waals surface area contributed by atoms with E-state index in [2.05, 4.69) is 15.3 Å². The first-order valence-electron chi connectivity index (χ1n) is 6.36. The van der Waals surface area contributed by atoms with Crippen LogP contribution in [0.25, 0.3) is 4.96 Å². The van der Waals surface area contributed by atoms with Crippen LogP contribution in [0, 0.1) is 0 Å². The summed E-state index contributed by atoms with van der Waals surface area (Å²) in [6.07, 6.45) is 3.00. The Morgan fingerprint density at radius 2 is 1.95 bits per heavy atom. The van der Waals surface area contributed by atoms with E-state index in [4.69, 9.17) is 23.2 Å². The van der Waals surface area contributed by atoms with E-state index < -0.39 is 0 Å². The van der Waals surface area contributed by atoms with Crippen molar-refractivity contribution in [2.24, 2.45) is 0 Å². The Balaban J connectivity index is 1.74. The Morgan fingerprint density at radius 3 is 2.65 bits per heavy atom. The van der Waals surface area contributed by atoms with Crippen LogP contribution in [0.3, 0.4) is 0 Å². The quantitative estimate of drug-likeness (QED) is 0.732. The Labute approximate surface area is 129 Å². The highest BCUT2D eigenvalue weighted by Gasteiger charge is 2.28. The third-order valence-electron chi connectivity index (χ3n) is 3.39. The highest BCUT2D eigenvalue weighted by atomic mass is 35.5. The lowest BCUT2D eigenvalue weighted by atomic mass is 10.1. The molecule has 2 heterocycles. The van der Waals surface area contributed by atoms with Gasteiger partial charge < -0.3 is 0 Å². The van der Waals surface area contributed by atoms with Crippen LogP contribution in [0.5, 0.6) is 0 Å². The van der Waals surface area contributed by atoms with Crippen molar-refractivity contribution in [1.82, 2.24) is 19.8 Å². The van der Waals surface area contributed by atoms with Gasteiger partial charge in [0.25, 0.3) is 0 Å². The van der Waals surface area contributed by atoms with Gasteiger partial charge in [-0.1, -0.05) is 40.6 Å². The number of aromatic nitrogens is 4. The third-order valence-corrected chi connectivity index (χ3v) is 5.16. The molecule has 7 heteroatoms. The zero-order chi connectivity index (χ0) is 13.7. The fraction of sp³-hybridized carbons (Fsp3) is 0.308. The van der Waals surface area contributed by atoms with Crippen molar-refractivity contribution in [3.8, 4) is 0 Å². The lowest BCUT2D eigenvalue weighted by Gasteiger charge is -2.04. The summed E-state index contributed by atoms with van der Waals surface area (Å²) in [6, 6.07) is 5.50. The maximum atomic E-state index is 6.20. The zero-order valence-corrected chi connectivity index (χ0v) is 12.7. The summed E-state index contributed by atoms with van der Waals surface area (Å²) >= 11 is 14.0. The predicted octanol–water partition coefficient (Wildman–Crippen LogP) is 3.96. The second kappa shape index (κ2) is 4.69. The monoisotopic (exact) mass is 324 g/mol. The molecule has 4 rings (SSSR count). The lowest BCUT2D eigenvalue weighted by molar-refractivity contribution is 0.824. The lowest BCUT2D eigenvalue weighted by Crippen LogP contribution is -1.99. The first-order chi connectivity index (χ1) is 9.72. The van der Waals surface area contributed by atoms with Crippen LogP contribution in [0.2, 0.25) is 10.0 Å². The zero-order valence-electron chi connectivity index (χ0n) is 10.4. The van der Waals surface area contributed by atoms with Crippen LogP contribution >= 0.6 is 34.5 Å². The van der Waals surface area contributed by atoms with Crippen LogP contribution in [-0.2, 0) is 6.42 Å². The van der Waals surface area contributed by atoms with Crippen LogP contribution in [0.1, 0.15) is 35.2 Å². The minimum absolute atomic E-state index is 0.535. The summed E-state index contributed by atoms with van der Waals surface area (Å²) in [6.45, 7) is 0. The van der Waals surface area contributed by atoms with E-state index in [0.29, 0.717) is 22.4 Å². The van der Waals surface area contributed by atoms with Gasteiger partial charge in [0.15, 0.2) is 5.82 Å². The van der Waals surface area contributed by atoms with Crippen molar-refractivity contribution in [3.05, 3.63) is 44.6 Å². The minimum Gasteiger partial charge on any atom is -0.187 e. The molecular formula is C13H10Cl2N4S. The van der Waals surface area contributed by atoms with Crippen molar-refractivity contribution in [2.75, 3.05) is 0 Å². The smallest absolute Gasteiger partial charge is 0.187 e. The fourth-order valence-corrected chi connectivity index (χ4v) is 3.69. The topological polar surface area (TPSA) is 43.1 Å². The maximum absolute atomic E-state index is 6.20. The van der Waals surface area contributed by atoms with Crippen molar-refractivity contribution in [1.29, 1.82) is 0 Å². The highest BCUT2D eigenvalue weighted by molar-refractivity contribution is 7.16. The largest absolute Gasteiger partial charge is 0.234 e. The van der Waals surface area contributed by atoms with Gasteiger partial charge in [-0.2, -0.15) is 9.61 Å². The van der Waals surface area contributed by atoms with Crippen LogP contribution < -0.4 is 0 Å². The number of halogens is 2. The number of rotatable bonds is 3. The van der Waals surface area contributed by atoms with Gasteiger partial charge >= 0.3 is 0 Å².